The third kappa shape index (κ3) is 5.91. The Balaban J connectivity index is 1.42. The van der Waals surface area contributed by atoms with E-state index in [4.69, 9.17) is 4.74 Å². The number of piperazine rings is 1. The van der Waals surface area contributed by atoms with Crippen molar-refractivity contribution in [2.75, 3.05) is 45.3 Å². The van der Waals surface area contributed by atoms with Crippen LogP contribution >= 0.6 is 0 Å². The van der Waals surface area contributed by atoms with Gasteiger partial charge in [-0.3, -0.25) is 9.59 Å². The van der Waals surface area contributed by atoms with Gasteiger partial charge in [-0.2, -0.15) is 5.10 Å². The number of rotatable bonds is 7. The summed E-state index contributed by atoms with van der Waals surface area (Å²) in [4.78, 5) is 33.5. The Kier molecular flexibility index (Phi) is 7.99. The second-order valence-corrected chi connectivity index (χ2v) is 8.50. The zero-order valence-corrected chi connectivity index (χ0v) is 20.9. The number of aryl methyl sites for hydroxylation is 1. The van der Waals surface area contributed by atoms with Crippen molar-refractivity contribution in [3.05, 3.63) is 72.1 Å². The highest BCUT2D eigenvalue weighted by atomic mass is 16.5. The van der Waals surface area contributed by atoms with E-state index in [0.717, 1.165) is 22.8 Å². The van der Waals surface area contributed by atoms with Crippen molar-refractivity contribution in [1.82, 2.24) is 14.7 Å². The minimum atomic E-state index is -0.303. The van der Waals surface area contributed by atoms with Gasteiger partial charge in [0, 0.05) is 38.3 Å². The van der Waals surface area contributed by atoms with Crippen LogP contribution in [0, 0.1) is 6.92 Å². The third-order valence-electron chi connectivity index (χ3n) is 6.07. The summed E-state index contributed by atoms with van der Waals surface area (Å²) in [7, 11) is 2.91. The van der Waals surface area contributed by atoms with E-state index in [1.165, 1.54) is 7.11 Å². The molecule has 1 aromatic heterocycles. The van der Waals surface area contributed by atoms with Gasteiger partial charge in [-0.15, -0.1) is 0 Å². The van der Waals surface area contributed by atoms with E-state index in [1.54, 1.807) is 11.8 Å². The van der Waals surface area contributed by atoms with Crippen LogP contribution < -0.4 is 4.90 Å². The molecular formula is C27H31N5O4. The van der Waals surface area contributed by atoms with E-state index in [1.807, 2.05) is 72.5 Å². The molecule has 1 saturated heterocycles. The second kappa shape index (κ2) is 11.5. The van der Waals surface area contributed by atoms with E-state index in [-0.39, 0.29) is 18.3 Å². The molecule has 2 aromatic carbocycles. The first-order valence-electron chi connectivity index (χ1n) is 11.9. The Hall–Kier alpha value is -4.14. The average Bonchev–Trinajstić information content (AvgIpc) is 3.32. The molecule has 36 heavy (non-hydrogen) atoms. The highest BCUT2D eigenvalue weighted by Crippen LogP contribution is 2.24. The molecule has 1 aliphatic rings. The molecule has 1 amide bonds. The molecule has 9 heteroatoms. The van der Waals surface area contributed by atoms with E-state index < -0.39 is 0 Å². The lowest BCUT2D eigenvalue weighted by Crippen LogP contribution is -2.49. The van der Waals surface area contributed by atoms with Crippen molar-refractivity contribution in [2.24, 2.45) is 4.99 Å². The van der Waals surface area contributed by atoms with Crippen molar-refractivity contribution in [3.63, 3.8) is 0 Å². The van der Waals surface area contributed by atoms with Gasteiger partial charge in [0.1, 0.15) is 5.69 Å². The molecule has 0 radical (unpaired) electrons. The standard InChI is InChI=1S/C27H31N5O4/c1-20-18-24(32(29-20)22-9-5-4-6-10-22)27(34)31-16-14-30(15-17-31)23-11-7-8-21(19-23)28-25(35-2)12-13-26(33)36-3/h4-11,18-19H,12-17H2,1-3H3. The van der Waals surface area contributed by atoms with Crippen LogP contribution in [0.5, 0.6) is 0 Å². The van der Waals surface area contributed by atoms with Crippen LogP contribution in [0.1, 0.15) is 29.0 Å². The van der Waals surface area contributed by atoms with Crippen molar-refractivity contribution in [1.29, 1.82) is 0 Å². The molecule has 0 N–H and O–H groups in total. The topological polar surface area (TPSA) is 89.3 Å². The van der Waals surface area contributed by atoms with Gasteiger partial charge < -0.3 is 19.3 Å². The molecule has 0 spiro atoms. The van der Waals surface area contributed by atoms with Crippen LogP contribution in [0.4, 0.5) is 11.4 Å². The molecule has 0 aliphatic carbocycles. The number of carbonyl (C=O) groups is 2. The predicted octanol–water partition coefficient (Wildman–Crippen LogP) is 3.77. The fourth-order valence-electron chi connectivity index (χ4n) is 4.17. The molecule has 1 fully saturated rings. The molecule has 0 saturated carbocycles. The number of benzene rings is 2. The zero-order valence-electron chi connectivity index (χ0n) is 20.9. The predicted molar refractivity (Wildman–Crippen MR) is 138 cm³/mol. The lowest BCUT2D eigenvalue weighted by Gasteiger charge is -2.36. The normalized spacial score (nSPS) is 14.0. The molecule has 3 aromatic rings. The van der Waals surface area contributed by atoms with Crippen LogP contribution in [0.2, 0.25) is 0 Å². The summed E-state index contributed by atoms with van der Waals surface area (Å²) in [6.45, 7) is 4.52. The maximum Gasteiger partial charge on any atom is 0.306 e. The summed E-state index contributed by atoms with van der Waals surface area (Å²) in [5, 5.41) is 4.54. The van der Waals surface area contributed by atoms with E-state index in [0.29, 0.717) is 44.2 Å². The van der Waals surface area contributed by atoms with Gasteiger partial charge >= 0.3 is 5.97 Å². The van der Waals surface area contributed by atoms with Crippen molar-refractivity contribution in [3.8, 4) is 5.69 Å². The minimum absolute atomic E-state index is 0.0206. The van der Waals surface area contributed by atoms with E-state index in [2.05, 4.69) is 19.7 Å². The molecule has 0 atom stereocenters. The number of anilines is 1. The number of esters is 1. The van der Waals surface area contributed by atoms with Gasteiger partial charge in [-0.1, -0.05) is 24.3 Å². The highest BCUT2D eigenvalue weighted by molar-refractivity contribution is 5.93. The molecular weight excluding hydrogens is 458 g/mol. The Morgan fingerprint density at radius 1 is 0.889 bits per heavy atom. The Bertz CT molecular complexity index is 1230. The third-order valence-corrected chi connectivity index (χ3v) is 6.07. The minimum Gasteiger partial charge on any atom is -0.484 e. The van der Waals surface area contributed by atoms with Crippen LogP contribution in [0.25, 0.3) is 5.69 Å². The van der Waals surface area contributed by atoms with Crippen LogP contribution in [-0.2, 0) is 14.3 Å². The Morgan fingerprint density at radius 3 is 2.31 bits per heavy atom. The summed E-state index contributed by atoms with van der Waals surface area (Å²) in [6, 6.07) is 19.4. The van der Waals surface area contributed by atoms with Crippen molar-refractivity contribution >= 4 is 29.1 Å². The number of aromatic nitrogens is 2. The fraction of sp³-hybridized carbons (Fsp3) is 0.333. The first kappa shape index (κ1) is 25.0. The molecule has 2 heterocycles. The largest absolute Gasteiger partial charge is 0.484 e. The Morgan fingerprint density at radius 2 is 1.61 bits per heavy atom. The number of carbonyl (C=O) groups excluding carboxylic acids is 2. The number of amides is 1. The number of methoxy groups -OCH3 is 2. The number of ether oxygens (including phenoxy) is 2. The molecule has 4 rings (SSSR count). The molecule has 0 unspecified atom stereocenters. The van der Waals surface area contributed by atoms with Crippen LogP contribution in [0.15, 0.2) is 65.7 Å². The van der Waals surface area contributed by atoms with Gasteiger partial charge in [0.15, 0.2) is 5.90 Å². The van der Waals surface area contributed by atoms with E-state index in [9.17, 15) is 9.59 Å². The van der Waals surface area contributed by atoms with Crippen molar-refractivity contribution < 1.29 is 19.1 Å². The maximum absolute atomic E-state index is 13.4. The van der Waals surface area contributed by atoms with Crippen LogP contribution in [0.3, 0.4) is 0 Å². The zero-order chi connectivity index (χ0) is 25.5. The van der Waals surface area contributed by atoms with E-state index >= 15 is 0 Å². The number of hydrogen-bond acceptors (Lipinski definition) is 7. The molecule has 9 nitrogen and oxygen atoms in total. The van der Waals surface area contributed by atoms with Gasteiger partial charge in [-0.05, 0) is 43.3 Å². The molecule has 188 valence electrons. The Labute approximate surface area is 210 Å². The summed E-state index contributed by atoms with van der Waals surface area (Å²) in [6.07, 6.45) is 0.578. The number of nitrogens with zero attached hydrogens (tertiary/aromatic N) is 5. The maximum atomic E-state index is 13.4. The van der Waals surface area contributed by atoms with Gasteiger partial charge in [0.05, 0.1) is 37.7 Å². The van der Waals surface area contributed by atoms with Gasteiger partial charge in [0.2, 0.25) is 0 Å². The lowest BCUT2D eigenvalue weighted by molar-refractivity contribution is -0.140. The first-order valence-corrected chi connectivity index (χ1v) is 11.9. The number of para-hydroxylation sites is 1. The second-order valence-electron chi connectivity index (χ2n) is 8.50. The summed E-state index contributed by atoms with van der Waals surface area (Å²) < 4.78 is 11.7. The summed E-state index contributed by atoms with van der Waals surface area (Å²) in [5.74, 6) is 0.147. The average molecular weight is 490 g/mol. The molecule has 1 aliphatic heterocycles. The lowest BCUT2D eigenvalue weighted by atomic mass is 10.2. The molecule has 0 bridgehead atoms. The smallest absolute Gasteiger partial charge is 0.306 e. The van der Waals surface area contributed by atoms with Crippen LogP contribution in [-0.4, -0.2) is 72.9 Å². The monoisotopic (exact) mass is 489 g/mol. The fourth-order valence-corrected chi connectivity index (χ4v) is 4.17. The van der Waals surface area contributed by atoms with Gasteiger partial charge in [-0.25, -0.2) is 9.67 Å². The summed E-state index contributed by atoms with van der Waals surface area (Å²) >= 11 is 0. The summed E-state index contributed by atoms with van der Waals surface area (Å²) in [5.41, 5.74) is 4.02. The van der Waals surface area contributed by atoms with Crippen molar-refractivity contribution in [2.45, 2.75) is 19.8 Å². The SMILES string of the molecule is COC(=O)CCC(=Nc1cccc(N2CCN(C(=O)c3cc(C)nn3-c3ccccc3)CC2)c1)OC. The quantitative estimate of drug-likeness (QED) is 0.285. The number of aliphatic imine (C=N–C) groups is 1. The van der Waals surface area contributed by atoms with Gasteiger partial charge in [0.25, 0.3) is 5.91 Å². The number of hydrogen-bond donors (Lipinski definition) is 0. The first-order chi connectivity index (χ1) is 17.5. The highest BCUT2D eigenvalue weighted by Gasteiger charge is 2.25.